The molecule has 4 heteroatoms. The highest BCUT2D eigenvalue weighted by Crippen LogP contribution is 2.04. The minimum absolute atomic E-state index is 0.330. The first-order valence-corrected chi connectivity index (χ1v) is 5.26. The monoisotopic (exact) mass is 223 g/mol. The number of nitrogens with one attached hydrogen (secondary N) is 1. The van der Waals surface area contributed by atoms with Crippen molar-refractivity contribution in [1.82, 2.24) is 5.32 Å². The van der Waals surface area contributed by atoms with Crippen LogP contribution in [0.4, 0.5) is 0 Å². The van der Waals surface area contributed by atoms with Gasteiger partial charge in [0, 0.05) is 13.7 Å². The van der Waals surface area contributed by atoms with Crippen LogP contribution in [0.1, 0.15) is 15.9 Å². The minimum Gasteiger partial charge on any atom is -0.478 e. The van der Waals surface area contributed by atoms with Crippen LogP contribution in [0.15, 0.2) is 24.3 Å². The van der Waals surface area contributed by atoms with Crippen molar-refractivity contribution in [2.75, 3.05) is 26.8 Å². The van der Waals surface area contributed by atoms with Crippen LogP contribution in [0.3, 0.4) is 0 Å². The van der Waals surface area contributed by atoms with Crippen LogP contribution in [0.2, 0.25) is 0 Å². The molecule has 16 heavy (non-hydrogen) atoms. The predicted octanol–water partition coefficient (Wildman–Crippen LogP) is 1.16. The molecule has 0 aliphatic heterocycles. The summed E-state index contributed by atoms with van der Waals surface area (Å²) in [7, 11) is 1.67. The SMILES string of the molecule is COCCNCCc1ccc(C(=O)O)cc1. The summed E-state index contributed by atoms with van der Waals surface area (Å²) in [6, 6.07) is 6.96. The molecule has 0 unspecified atom stereocenters. The quantitative estimate of drug-likeness (QED) is 0.681. The molecule has 0 spiro atoms. The number of rotatable bonds is 7. The summed E-state index contributed by atoms with van der Waals surface area (Å²) in [5.41, 5.74) is 1.46. The smallest absolute Gasteiger partial charge is 0.335 e. The van der Waals surface area contributed by atoms with Gasteiger partial charge in [0.05, 0.1) is 12.2 Å². The van der Waals surface area contributed by atoms with Gasteiger partial charge in [-0.25, -0.2) is 4.79 Å². The Morgan fingerprint density at radius 3 is 2.56 bits per heavy atom. The van der Waals surface area contributed by atoms with Crippen molar-refractivity contribution in [3.8, 4) is 0 Å². The van der Waals surface area contributed by atoms with Crippen LogP contribution in [-0.4, -0.2) is 37.9 Å². The normalized spacial score (nSPS) is 10.3. The van der Waals surface area contributed by atoms with Crippen molar-refractivity contribution >= 4 is 5.97 Å². The van der Waals surface area contributed by atoms with Crippen LogP contribution in [0, 0.1) is 0 Å². The van der Waals surface area contributed by atoms with E-state index < -0.39 is 5.97 Å². The molecule has 2 N–H and O–H groups in total. The number of benzene rings is 1. The predicted molar refractivity (Wildman–Crippen MR) is 61.9 cm³/mol. The molecule has 88 valence electrons. The van der Waals surface area contributed by atoms with Crippen molar-refractivity contribution in [3.05, 3.63) is 35.4 Å². The summed E-state index contributed by atoms with van der Waals surface area (Å²) in [5, 5.41) is 12.0. The third kappa shape index (κ3) is 4.42. The Morgan fingerprint density at radius 2 is 2.00 bits per heavy atom. The molecule has 1 rings (SSSR count). The van der Waals surface area contributed by atoms with E-state index >= 15 is 0 Å². The maximum Gasteiger partial charge on any atom is 0.335 e. The average Bonchev–Trinajstić information content (AvgIpc) is 2.29. The van der Waals surface area contributed by atoms with Gasteiger partial charge in [0.15, 0.2) is 0 Å². The number of carboxylic acid groups (broad SMARTS) is 1. The van der Waals surface area contributed by atoms with Gasteiger partial charge >= 0.3 is 5.97 Å². The fourth-order valence-electron chi connectivity index (χ4n) is 1.35. The van der Waals surface area contributed by atoms with E-state index in [-0.39, 0.29) is 0 Å². The van der Waals surface area contributed by atoms with Crippen molar-refractivity contribution in [2.45, 2.75) is 6.42 Å². The topological polar surface area (TPSA) is 58.6 Å². The molecule has 1 aromatic rings. The Balaban J connectivity index is 2.29. The van der Waals surface area contributed by atoms with Gasteiger partial charge in [-0.2, -0.15) is 0 Å². The lowest BCUT2D eigenvalue weighted by molar-refractivity contribution is 0.0697. The van der Waals surface area contributed by atoms with Crippen molar-refractivity contribution in [3.63, 3.8) is 0 Å². The van der Waals surface area contributed by atoms with E-state index in [2.05, 4.69) is 5.32 Å². The maximum absolute atomic E-state index is 10.6. The van der Waals surface area contributed by atoms with Crippen LogP contribution in [0.5, 0.6) is 0 Å². The van der Waals surface area contributed by atoms with Crippen LogP contribution in [-0.2, 0) is 11.2 Å². The maximum atomic E-state index is 10.6. The Bertz CT molecular complexity index is 322. The summed E-state index contributed by atoms with van der Waals surface area (Å²) < 4.78 is 4.91. The molecule has 0 radical (unpaired) electrons. The van der Waals surface area contributed by atoms with Gasteiger partial charge in [0.25, 0.3) is 0 Å². The zero-order valence-corrected chi connectivity index (χ0v) is 9.40. The van der Waals surface area contributed by atoms with E-state index in [1.165, 1.54) is 0 Å². The van der Waals surface area contributed by atoms with Gasteiger partial charge in [-0.05, 0) is 30.7 Å². The second-order valence-electron chi connectivity index (χ2n) is 3.49. The van der Waals surface area contributed by atoms with Crippen molar-refractivity contribution < 1.29 is 14.6 Å². The molecule has 1 aromatic carbocycles. The largest absolute Gasteiger partial charge is 0.478 e. The highest BCUT2D eigenvalue weighted by molar-refractivity contribution is 5.87. The highest BCUT2D eigenvalue weighted by Gasteiger charge is 2.01. The molecule has 0 saturated heterocycles. The third-order valence-electron chi connectivity index (χ3n) is 2.27. The number of aromatic carboxylic acids is 1. The first kappa shape index (κ1) is 12.7. The van der Waals surface area contributed by atoms with E-state index in [0.29, 0.717) is 12.2 Å². The zero-order chi connectivity index (χ0) is 11.8. The lowest BCUT2D eigenvalue weighted by Crippen LogP contribution is -2.21. The third-order valence-corrected chi connectivity index (χ3v) is 2.27. The Morgan fingerprint density at radius 1 is 1.31 bits per heavy atom. The van der Waals surface area contributed by atoms with Crippen LogP contribution in [0.25, 0.3) is 0 Å². The molecule has 0 fully saturated rings. The molecule has 0 aromatic heterocycles. The first-order chi connectivity index (χ1) is 7.74. The average molecular weight is 223 g/mol. The fraction of sp³-hybridized carbons (Fsp3) is 0.417. The van der Waals surface area contributed by atoms with E-state index in [4.69, 9.17) is 9.84 Å². The Hall–Kier alpha value is -1.39. The number of ether oxygens (including phenoxy) is 1. The second-order valence-corrected chi connectivity index (χ2v) is 3.49. The van der Waals surface area contributed by atoms with E-state index in [1.807, 2.05) is 12.1 Å². The van der Waals surface area contributed by atoms with Gasteiger partial charge in [0.1, 0.15) is 0 Å². The summed E-state index contributed by atoms with van der Waals surface area (Å²) >= 11 is 0. The molecule has 0 aliphatic rings. The molecule has 0 atom stereocenters. The minimum atomic E-state index is -0.884. The highest BCUT2D eigenvalue weighted by atomic mass is 16.5. The molecule has 0 saturated carbocycles. The van der Waals surface area contributed by atoms with Gasteiger partial charge in [0.2, 0.25) is 0 Å². The number of hydrogen-bond donors (Lipinski definition) is 2. The molecule has 4 nitrogen and oxygen atoms in total. The Kier molecular flexibility index (Phi) is 5.53. The van der Waals surface area contributed by atoms with Gasteiger partial charge < -0.3 is 15.2 Å². The molecule has 0 bridgehead atoms. The van der Waals surface area contributed by atoms with Crippen LogP contribution < -0.4 is 5.32 Å². The van der Waals surface area contributed by atoms with Gasteiger partial charge in [-0.3, -0.25) is 0 Å². The second kappa shape index (κ2) is 6.98. The summed E-state index contributed by atoms with van der Waals surface area (Å²) in [5.74, 6) is -0.884. The summed E-state index contributed by atoms with van der Waals surface area (Å²) in [6.45, 7) is 2.41. The molecule has 0 amide bonds. The number of hydrogen-bond acceptors (Lipinski definition) is 3. The zero-order valence-electron chi connectivity index (χ0n) is 9.40. The first-order valence-electron chi connectivity index (χ1n) is 5.26. The lowest BCUT2D eigenvalue weighted by atomic mass is 10.1. The standard InChI is InChI=1S/C12H17NO3/c1-16-9-8-13-7-6-10-2-4-11(5-3-10)12(14)15/h2-5,13H,6-9H2,1H3,(H,14,15). The molecule has 0 aliphatic carbocycles. The summed E-state index contributed by atoms with van der Waals surface area (Å²) in [4.78, 5) is 10.6. The fourth-order valence-corrected chi connectivity index (χ4v) is 1.35. The summed E-state index contributed by atoms with van der Waals surface area (Å²) in [6.07, 6.45) is 0.892. The number of carboxylic acids is 1. The number of methoxy groups -OCH3 is 1. The van der Waals surface area contributed by atoms with Gasteiger partial charge in [-0.15, -0.1) is 0 Å². The van der Waals surface area contributed by atoms with Crippen molar-refractivity contribution in [2.24, 2.45) is 0 Å². The lowest BCUT2D eigenvalue weighted by Gasteiger charge is -2.04. The number of carbonyl (C=O) groups is 1. The van der Waals surface area contributed by atoms with Gasteiger partial charge in [-0.1, -0.05) is 12.1 Å². The Labute approximate surface area is 95.2 Å². The molecular weight excluding hydrogens is 206 g/mol. The molecular formula is C12H17NO3. The molecule has 0 heterocycles. The van der Waals surface area contributed by atoms with E-state index in [9.17, 15) is 4.79 Å². The van der Waals surface area contributed by atoms with E-state index in [1.54, 1.807) is 19.2 Å². The van der Waals surface area contributed by atoms with Crippen LogP contribution >= 0.6 is 0 Å². The van der Waals surface area contributed by atoms with Crippen molar-refractivity contribution in [1.29, 1.82) is 0 Å². The van der Waals surface area contributed by atoms with E-state index in [0.717, 1.165) is 25.1 Å².